The van der Waals surface area contributed by atoms with Crippen molar-refractivity contribution in [2.75, 3.05) is 18.5 Å². The van der Waals surface area contributed by atoms with Crippen LogP contribution in [0.4, 0.5) is 5.82 Å². The van der Waals surface area contributed by atoms with E-state index in [2.05, 4.69) is 22.4 Å². The zero-order chi connectivity index (χ0) is 10.5. The van der Waals surface area contributed by atoms with Crippen LogP contribution >= 0.6 is 0 Å². The molecule has 2 heterocycles. The third kappa shape index (κ3) is 2.65. The van der Waals surface area contributed by atoms with Gasteiger partial charge in [0.1, 0.15) is 5.82 Å². The van der Waals surface area contributed by atoms with Gasteiger partial charge in [-0.2, -0.15) is 5.10 Å². The predicted octanol–water partition coefficient (Wildman–Crippen LogP) is 1.70. The molecule has 2 unspecified atom stereocenters. The van der Waals surface area contributed by atoms with Gasteiger partial charge in [-0.25, -0.2) is 0 Å². The summed E-state index contributed by atoms with van der Waals surface area (Å²) < 4.78 is 5.63. The first-order chi connectivity index (χ1) is 7.40. The Balaban J connectivity index is 1.83. The molecule has 1 saturated heterocycles. The van der Waals surface area contributed by atoms with E-state index in [-0.39, 0.29) is 0 Å². The maximum absolute atomic E-state index is 5.63. The minimum absolute atomic E-state index is 0.411. The molecule has 4 nitrogen and oxygen atoms in total. The number of hydrogen-bond donors (Lipinski definition) is 1. The van der Waals surface area contributed by atoms with Crippen molar-refractivity contribution in [1.29, 1.82) is 0 Å². The molecule has 1 aromatic heterocycles. The molecule has 0 aliphatic carbocycles. The molecule has 0 saturated carbocycles. The molecule has 2 rings (SSSR count). The highest BCUT2D eigenvalue weighted by molar-refractivity contribution is 5.31. The van der Waals surface area contributed by atoms with E-state index < -0.39 is 0 Å². The van der Waals surface area contributed by atoms with Crippen molar-refractivity contribution in [3.8, 4) is 0 Å². The van der Waals surface area contributed by atoms with E-state index in [0.717, 1.165) is 31.8 Å². The molecule has 0 amide bonds. The average Bonchev–Trinajstić information content (AvgIpc) is 2.75. The van der Waals surface area contributed by atoms with E-state index >= 15 is 0 Å². The molecular weight excluding hydrogens is 190 g/mol. The standard InChI is InChI=1S/C11H17N3O/c1-2-10-9(5-7-15-10)8-12-11-4-3-6-13-14-11/h3-4,6,9-10H,2,5,7-8H2,1H3,(H,12,14). The molecule has 1 N–H and O–H groups in total. The van der Waals surface area contributed by atoms with Gasteiger partial charge in [0.25, 0.3) is 0 Å². The summed E-state index contributed by atoms with van der Waals surface area (Å²) in [5.74, 6) is 1.45. The first kappa shape index (κ1) is 10.4. The van der Waals surface area contributed by atoms with Crippen LogP contribution in [0, 0.1) is 5.92 Å². The second-order valence-corrected chi connectivity index (χ2v) is 3.86. The number of rotatable bonds is 4. The van der Waals surface area contributed by atoms with Crippen LogP contribution in [0.1, 0.15) is 19.8 Å². The largest absolute Gasteiger partial charge is 0.378 e. The topological polar surface area (TPSA) is 47.0 Å². The monoisotopic (exact) mass is 207 g/mol. The van der Waals surface area contributed by atoms with Crippen LogP contribution in [0.3, 0.4) is 0 Å². The molecule has 1 fully saturated rings. The van der Waals surface area contributed by atoms with Crippen LogP contribution in [0.15, 0.2) is 18.3 Å². The summed E-state index contributed by atoms with van der Waals surface area (Å²) in [5, 5.41) is 11.1. The highest BCUT2D eigenvalue weighted by Gasteiger charge is 2.26. The maximum atomic E-state index is 5.63. The molecule has 4 heteroatoms. The van der Waals surface area contributed by atoms with Crippen LogP contribution in [0.2, 0.25) is 0 Å². The molecule has 0 aromatic carbocycles. The first-order valence-electron chi connectivity index (χ1n) is 5.53. The minimum atomic E-state index is 0.411. The van der Waals surface area contributed by atoms with Crippen molar-refractivity contribution < 1.29 is 4.74 Å². The van der Waals surface area contributed by atoms with E-state index in [0.29, 0.717) is 12.0 Å². The molecule has 2 atom stereocenters. The quantitative estimate of drug-likeness (QED) is 0.816. The van der Waals surface area contributed by atoms with Crippen LogP contribution in [0.5, 0.6) is 0 Å². The molecule has 1 aromatic rings. The SMILES string of the molecule is CCC1OCCC1CNc1cccnn1. The van der Waals surface area contributed by atoms with E-state index in [4.69, 9.17) is 4.74 Å². The number of nitrogens with one attached hydrogen (secondary N) is 1. The molecule has 0 spiro atoms. The number of ether oxygens (including phenoxy) is 1. The number of hydrogen-bond acceptors (Lipinski definition) is 4. The second kappa shape index (κ2) is 5.07. The Morgan fingerprint density at radius 3 is 3.27 bits per heavy atom. The summed E-state index contributed by atoms with van der Waals surface area (Å²) in [4.78, 5) is 0. The summed E-state index contributed by atoms with van der Waals surface area (Å²) in [6.45, 7) is 3.99. The van der Waals surface area contributed by atoms with Crippen LogP contribution in [0.25, 0.3) is 0 Å². The van der Waals surface area contributed by atoms with Crippen molar-refractivity contribution in [3.05, 3.63) is 18.3 Å². The van der Waals surface area contributed by atoms with Gasteiger partial charge in [0.15, 0.2) is 0 Å². The van der Waals surface area contributed by atoms with E-state index in [1.54, 1.807) is 6.20 Å². The smallest absolute Gasteiger partial charge is 0.148 e. The molecular formula is C11H17N3O. The molecule has 0 radical (unpaired) electrons. The van der Waals surface area contributed by atoms with Gasteiger partial charge in [-0.3, -0.25) is 0 Å². The summed E-state index contributed by atoms with van der Waals surface area (Å²) >= 11 is 0. The maximum Gasteiger partial charge on any atom is 0.148 e. The van der Waals surface area contributed by atoms with E-state index in [9.17, 15) is 0 Å². The van der Waals surface area contributed by atoms with Gasteiger partial charge in [-0.05, 0) is 25.0 Å². The predicted molar refractivity (Wildman–Crippen MR) is 58.7 cm³/mol. The highest BCUT2D eigenvalue weighted by Crippen LogP contribution is 2.23. The van der Waals surface area contributed by atoms with Crippen LogP contribution in [-0.2, 0) is 4.74 Å². The highest BCUT2D eigenvalue weighted by atomic mass is 16.5. The third-order valence-corrected chi connectivity index (χ3v) is 2.87. The Bertz CT molecular complexity index is 291. The summed E-state index contributed by atoms with van der Waals surface area (Å²) in [6.07, 6.45) is 4.33. The van der Waals surface area contributed by atoms with Crippen molar-refractivity contribution >= 4 is 5.82 Å². The third-order valence-electron chi connectivity index (χ3n) is 2.87. The van der Waals surface area contributed by atoms with Crippen LogP contribution < -0.4 is 5.32 Å². The summed E-state index contributed by atoms with van der Waals surface area (Å²) in [6, 6.07) is 3.82. The average molecular weight is 207 g/mol. The normalized spacial score (nSPS) is 25.4. The van der Waals surface area contributed by atoms with E-state index in [1.807, 2.05) is 12.1 Å². The second-order valence-electron chi connectivity index (χ2n) is 3.86. The van der Waals surface area contributed by atoms with E-state index in [1.165, 1.54) is 0 Å². The lowest BCUT2D eigenvalue weighted by Crippen LogP contribution is -2.23. The van der Waals surface area contributed by atoms with Gasteiger partial charge in [0.05, 0.1) is 6.10 Å². The molecule has 82 valence electrons. The lowest BCUT2D eigenvalue weighted by Gasteiger charge is -2.17. The number of anilines is 1. The van der Waals surface area contributed by atoms with Gasteiger partial charge < -0.3 is 10.1 Å². The Labute approximate surface area is 90.1 Å². The molecule has 0 bridgehead atoms. The van der Waals surface area contributed by atoms with Crippen molar-refractivity contribution in [2.24, 2.45) is 5.92 Å². The Morgan fingerprint density at radius 1 is 1.60 bits per heavy atom. The Morgan fingerprint density at radius 2 is 2.53 bits per heavy atom. The minimum Gasteiger partial charge on any atom is -0.378 e. The fourth-order valence-corrected chi connectivity index (χ4v) is 2.01. The molecule has 1 aliphatic rings. The van der Waals surface area contributed by atoms with Gasteiger partial charge in [0.2, 0.25) is 0 Å². The fourth-order valence-electron chi connectivity index (χ4n) is 2.01. The van der Waals surface area contributed by atoms with Gasteiger partial charge in [-0.1, -0.05) is 6.92 Å². The molecule has 1 aliphatic heterocycles. The molecule has 15 heavy (non-hydrogen) atoms. The Hall–Kier alpha value is -1.16. The lowest BCUT2D eigenvalue weighted by molar-refractivity contribution is 0.0900. The van der Waals surface area contributed by atoms with Crippen molar-refractivity contribution in [1.82, 2.24) is 10.2 Å². The fraction of sp³-hybridized carbons (Fsp3) is 0.636. The van der Waals surface area contributed by atoms with Crippen molar-refractivity contribution in [3.63, 3.8) is 0 Å². The zero-order valence-corrected chi connectivity index (χ0v) is 9.02. The van der Waals surface area contributed by atoms with Crippen LogP contribution in [-0.4, -0.2) is 29.5 Å². The lowest BCUT2D eigenvalue weighted by atomic mass is 10.00. The van der Waals surface area contributed by atoms with Gasteiger partial charge in [0, 0.05) is 25.3 Å². The summed E-state index contributed by atoms with van der Waals surface area (Å²) in [5.41, 5.74) is 0. The summed E-state index contributed by atoms with van der Waals surface area (Å²) in [7, 11) is 0. The van der Waals surface area contributed by atoms with Gasteiger partial charge in [-0.15, -0.1) is 5.10 Å². The zero-order valence-electron chi connectivity index (χ0n) is 9.02. The Kier molecular flexibility index (Phi) is 3.50. The van der Waals surface area contributed by atoms with Gasteiger partial charge >= 0.3 is 0 Å². The number of nitrogens with zero attached hydrogens (tertiary/aromatic N) is 2. The van der Waals surface area contributed by atoms with Crippen molar-refractivity contribution in [2.45, 2.75) is 25.9 Å². The number of aromatic nitrogens is 2. The first-order valence-corrected chi connectivity index (χ1v) is 5.53.